The first-order chi connectivity index (χ1) is 14.9. The third-order valence-corrected chi connectivity index (χ3v) is 9.41. The molecule has 2 fully saturated rings. The molecule has 0 atom stereocenters. The average molecular weight is 463 g/mol. The van der Waals surface area contributed by atoms with Gasteiger partial charge in [0.25, 0.3) is 5.91 Å². The van der Waals surface area contributed by atoms with E-state index in [4.69, 9.17) is 9.47 Å². The fraction of sp³-hybridized carbons (Fsp3) is 0.409. The molecule has 2 heterocycles. The van der Waals surface area contributed by atoms with Gasteiger partial charge in [-0.15, -0.1) is 11.8 Å². The minimum absolute atomic E-state index is 0.0321. The van der Waals surface area contributed by atoms with Gasteiger partial charge >= 0.3 is 0 Å². The summed E-state index contributed by atoms with van der Waals surface area (Å²) in [6.45, 7) is 1.42. The summed E-state index contributed by atoms with van der Waals surface area (Å²) in [7, 11) is -0.457. The number of sulfonamides is 1. The Kier molecular flexibility index (Phi) is 6.18. The van der Waals surface area contributed by atoms with Crippen molar-refractivity contribution in [2.24, 2.45) is 0 Å². The third kappa shape index (κ3) is 4.14. The second kappa shape index (κ2) is 8.72. The zero-order valence-electron chi connectivity index (χ0n) is 17.6. The molecule has 7 nitrogen and oxygen atoms in total. The fourth-order valence-electron chi connectivity index (χ4n) is 4.19. The summed E-state index contributed by atoms with van der Waals surface area (Å²) < 4.78 is 38.1. The molecule has 2 aliphatic rings. The Morgan fingerprint density at radius 2 is 1.65 bits per heavy atom. The third-order valence-electron chi connectivity index (χ3n) is 5.94. The number of methoxy groups -OCH3 is 2. The molecule has 2 aromatic rings. The Labute approximate surface area is 187 Å². The minimum atomic E-state index is -3.58. The Balaban J connectivity index is 1.50. The van der Waals surface area contributed by atoms with Crippen molar-refractivity contribution in [2.75, 3.05) is 39.6 Å². The van der Waals surface area contributed by atoms with Gasteiger partial charge in [0.1, 0.15) is 11.5 Å². The SMILES string of the molecule is COc1ccc(S(=O)(=O)N2CCC3(CC2)SCCN3C(=O)c2cccc(OC)c2)cc1. The van der Waals surface area contributed by atoms with E-state index in [-0.39, 0.29) is 15.7 Å². The number of carbonyl (C=O) groups excluding carboxylic acids is 1. The van der Waals surface area contributed by atoms with E-state index < -0.39 is 10.0 Å². The summed E-state index contributed by atoms with van der Waals surface area (Å²) in [4.78, 5) is 15.1. The van der Waals surface area contributed by atoms with E-state index in [9.17, 15) is 13.2 Å². The number of amides is 1. The number of carbonyl (C=O) groups is 1. The highest BCUT2D eigenvalue weighted by molar-refractivity contribution is 8.00. The van der Waals surface area contributed by atoms with E-state index in [1.807, 2.05) is 17.0 Å². The van der Waals surface area contributed by atoms with E-state index in [0.29, 0.717) is 49.5 Å². The summed E-state index contributed by atoms with van der Waals surface area (Å²) in [5.41, 5.74) is 0.592. The summed E-state index contributed by atoms with van der Waals surface area (Å²) >= 11 is 1.76. The first-order valence-electron chi connectivity index (χ1n) is 10.1. The monoisotopic (exact) mass is 462 g/mol. The standard InChI is InChI=1S/C22H26N2O5S2/c1-28-18-6-8-20(9-7-18)31(26,27)23-12-10-22(11-13-23)24(14-15-30-22)21(25)17-4-3-5-19(16-17)29-2/h3-9,16H,10-15H2,1-2H3. The van der Waals surface area contributed by atoms with Crippen LogP contribution in [-0.4, -0.2) is 68.0 Å². The molecular weight excluding hydrogens is 436 g/mol. The number of thioether (sulfide) groups is 1. The molecule has 1 amide bonds. The van der Waals surface area contributed by atoms with E-state index in [2.05, 4.69) is 0 Å². The average Bonchev–Trinajstić information content (AvgIpc) is 3.21. The summed E-state index contributed by atoms with van der Waals surface area (Å²) in [5.74, 6) is 2.08. The molecule has 2 aliphatic heterocycles. The first-order valence-corrected chi connectivity index (χ1v) is 12.6. The van der Waals surface area contributed by atoms with Crippen LogP contribution >= 0.6 is 11.8 Å². The van der Waals surface area contributed by atoms with Gasteiger partial charge < -0.3 is 14.4 Å². The van der Waals surface area contributed by atoms with Crippen LogP contribution in [0, 0.1) is 0 Å². The zero-order valence-corrected chi connectivity index (χ0v) is 19.2. The van der Waals surface area contributed by atoms with Crippen LogP contribution in [0.4, 0.5) is 0 Å². The predicted octanol–water partition coefficient (Wildman–Crippen LogP) is 3.07. The number of ether oxygens (including phenoxy) is 2. The molecule has 166 valence electrons. The number of rotatable bonds is 5. The second-order valence-electron chi connectivity index (χ2n) is 7.56. The van der Waals surface area contributed by atoms with Crippen LogP contribution in [-0.2, 0) is 10.0 Å². The number of benzene rings is 2. The van der Waals surface area contributed by atoms with E-state index >= 15 is 0 Å². The van der Waals surface area contributed by atoms with Crippen molar-refractivity contribution >= 4 is 27.7 Å². The van der Waals surface area contributed by atoms with E-state index in [0.717, 1.165) is 5.75 Å². The molecule has 31 heavy (non-hydrogen) atoms. The smallest absolute Gasteiger partial charge is 0.255 e. The summed E-state index contributed by atoms with van der Waals surface area (Å²) in [5, 5.41) is 0. The topological polar surface area (TPSA) is 76.2 Å². The zero-order chi connectivity index (χ0) is 22.1. The van der Waals surface area contributed by atoms with E-state index in [1.54, 1.807) is 62.4 Å². The second-order valence-corrected chi connectivity index (χ2v) is 11.0. The predicted molar refractivity (Wildman–Crippen MR) is 120 cm³/mol. The molecule has 4 rings (SSSR count). The van der Waals surface area contributed by atoms with Gasteiger partial charge in [-0.1, -0.05) is 6.07 Å². The first kappa shape index (κ1) is 22.0. The number of nitrogens with zero attached hydrogens (tertiary/aromatic N) is 2. The molecule has 1 spiro atoms. The molecule has 0 aromatic heterocycles. The lowest BCUT2D eigenvalue weighted by atomic mass is 10.0. The van der Waals surface area contributed by atoms with Gasteiger partial charge in [0.05, 0.1) is 24.0 Å². The van der Waals surface area contributed by atoms with Crippen LogP contribution in [0.1, 0.15) is 23.2 Å². The van der Waals surface area contributed by atoms with Crippen LogP contribution in [0.15, 0.2) is 53.4 Å². The van der Waals surface area contributed by atoms with Crippen molar-refractivity contribution < 1.29 is 22.7 Å². The fourth-order valence-corrected chi connectivity index (χ4v) is 7.09. The largest absolute Gasteiger partial charge is 0.497 e. The Hall–Kier alpha value is -2.23. The summed E-state index contributed by atoms with van der Waals surface area (Å²) in [6, 6.07) is 13.6. The molecule has 0 radical (unpaired) electrons. The molecule has 9 heteroatoms. The number of hydrogen-bond donors (Lipinski definition) is 0. The normalized spacial score (nSPS) is 18.8. The minimum Gasteiger partial charge on any atom is -0.497 e. The highest BCUT2D eigenvalue weighted by Crippen LogP contribution is 2.45. The maximum absolute atomic E-state index is 13.3. The highest BCUT2D eigenvalue weighted by atomic mass is 32.2. The van der Waals surface area contributed by atoms with Crippen LogP contribution in [0.2, 0.25) is 0 Å². The molecule has 2 saturated heterocycles. The van der Waals surface area contributed by atoms with E-state index in [1.165, 1.54) is 4.31 Å². The maximum atomic E-state index is 13.3. The number of hydrogen-bond acceptors (Lipinski definition) is 6. The van der Waals surface area contributed by atoms with Crippen LogP contribution in [0.3, 0.4) is 0 Å². The van der Waals surface area contributed by atoms with Gasteiger partial charge in [-0.25, -0.2) is 8.42 Å². The van der Waals surface area contributed by atoms with Crippen molar-refractivity contribution in [1.29, 1.82) is 0 Å². The number of piperidine rings is 1. The molecule has 0 bridgehead atoms. The maximum Gasteiger partial charge on any atom is 0.255 e. The lowest BCUT2D eigenvalue weighted by Gasteiger charge is -2.43. The lowest BCUT2D eigenvalue weighted by molar-refractivity contribution is 0.0605. The van der Waals surface area contributed by atoms with Crippen molar-refractivity contribution in [3.63, 3.8) is 0 Å². The molecule has 2 aromatic carbocycles. The van der Waals surface area contributed by atoms with Crippen molar-refractivity contribution in [3.8, 4) is 11.5 Å². The van der Waals surface area contributed by atoms with Crippen molar-refractivity contribution in [3.05, 3.63) is 54.1 Å². The van der Waals surface area contributed by atoms with Crippen LogP contribution < -0.4 is 9.47 Å². The lowest BCUT2D eigenvalue weighted by Crippen LogP contribution is -2.53. The van der Waals surface area contributed by atoms with Gasteiger partial charge in [-0.2, -0.15) is 4.31 Å². The summed E-state index contributed by atoms with van der Waals surface area (Å²) in [6.07, 6.45) is 1.20. The molecule has 0 N–H and O–H groups in total. The Morgan fingerprint density at radius 3 is 2.29 bits per heavy atom. The molecule has 0 saturated carbocycles. The molecular formula is C22H26N2O5S2. The van der Waals surface area contributed by atoms with Crippen molar-refractivity contribution in [1.82, 2.24) is 9.21 Å². The van der Waals surface area contributed by atoms with Gasteiger partial charge in [0, 0.05) is 31.0 Å². The van der Waals surface area contributed by atoms with Gasteiger partial charge in [0.2, 0.25) is 10.0 Å². The van der Waals surface area contributed by atoms with Crippen LogP contribution in [0.25, 0.3) is 0 Å². The van der Waals surface area contributed by atoms with Gasteiger partial charge in [-0.05, 0) is 55.3 Å². The Morgan fingerprint density at radius 1 is 0.968 bits per heavy atom. The van der Waals surface area contributed by atoms with Gasteiger partial charge in [-0.3, -0.25) is 4.79 Å². The van der Waals surface area contributed by atoms with Gasteiger partial charge in [0.15, 0.2) is 0 Å². The molecule has 0 aliphatic carbocycles. The van der Waals surface area contributed by atoms with Crippen LogP contribution in [0.5, 0.6) is 11.5 Å². The quantitative estimate of drug-likeness (QED) is 0.680. The highest BCUT2D eigenvalue weighted by Gasteiger charge is 2.48. The van der Waals surface area contributed by atoms with Crippen molar-refractivity contribution in [2.45, 2.75) is 22.6 Å². The Bertz CT molecular complexity index is 1050. The molecule has 0 unspecified atom stereocenters.